The molecule has 2 aromatic rings. The first kappa shape index (κ1) is 12.0. The van der Waals surface area contributed by atoms with Crippen molar-refractivity contribution in [3.8, 4) is 5.75 Å². The molecule has 0 radical (unpaired) electrons. The maximum atomic E-state index is 6.57. The van der Waals surface area contributed by atoms with E-state index in [2.05, 4.69) is 59.1 Å². The van der Waals surface area contributed by atoms with Crippen molar-refractivity contribution in [3.05, 3.63) is 53.9 Å². The van der Waals surface area contributed by atoms with Crippen molar-refractivity contribution in [2.45, 2.75) is 25.0 Å². The molecule has 1 aromatic carbocycles. The average molecular weight is 268 g/mol. The summed E-state index contributed by atoms with van der Waals surface area (Å²) in [5.74, 6) is 1.06. The van der Waals surface area contributed by atoms with Crippen LogP contribution in [0.15, 0.2) is 42.6 Å². The van der Waals surface area contributed by atoms with Gasteiger partial charge in [-0.3, -0.25) is 0 Å². The van der Waals surface area contributed by atoms with E-state index in [-0.39, 0.29) is 5.60 Å². The van der Waals surface area contributed by atoms with Crippen molar-refractivity contribution in [3.63, 3.8) is 0 Å². The Kier molecular flexibility index (Phi) is 2.64. The molecule has 2 aliphatic heterocycles. The first-order valence-corrected chi connectivity index (χ1v) is 7.38. The average Bonchev–Trinajstić information content (AvgIpc) is 2.88. The minimum absolute atomic E-state index is 0.150. The zero-order chi connectivity index (χ0) is 13.6. The van der Waals surface area contributed by atoms with Crippen LogP contribution in [-0.4, -0.2) is 29.6 Å². The summed E-state index contributed by atoms with van der Waals surface area (Å²) in [5, 5.41) is 0. The molecule has 0 aliphatic carbocycles. The molecule has 0 unspecified atom stereocenters. The Bertz CT molecular complexity index is 623. The van der Waals surface area contributed by atoms with E-state index in [0.29, 0.717) is 0 Å². The van der Waals surface area contributed by atoms with Crippen molar-refractivity contribution in [2.75, 3.05) is 20.1 Å². The number of ether oxygens (including phenoxy) is 1. The van der Waals surface area contributed by atoms with Gasteiger partial charge in [-0.15, -0.1) is 0 Å². The largest absolute Gasteiger partial charge is 0.481 e. The van der Waals surface area contributed by atoms with Crippen LogP contribution in [-0.2, 0) is 12.1 Å². The zero-order valence-electron chi connectivity index (χ0n) is 11.9. The molecular formula is C17H20N2O. The molecule has 20 heavy (non-hydrogen) atoms. The number of para-hydroxylation sites is 1. The first-order chi connectivity index (χ1) is 9.77. The summed E-state index contributed by atoms with van der Waals surface area (Å²) in [6.45, 7) is 3.09. The van der Waals surface area contributed by atoms with E-state index in [1.54, 1.807) is 0 Å². The summed E-state index contributed by atoms with van der Waals surface area (Å²) >= 11 is 0. The van der Waals surface area contributed by atoms with Crippen LogP contribution in [0.5, 0.6) is 5.75 Å². The number of piperidine rings is 1. The van der Waals surface area contributed by atoms with E-state index in [4.69, 9.17) is 4.74 Å². The van der Waals surface area contributed by atoms with Crippen LogP contribution in [0.1, 0.15) is 24.1 Å². The van der Waals surface area contributed by atoms with Gasteiger partial charge in [0.15, 0.2) is 5.60 Å². The maximum Gasteiger partial charge on any atom is 0.151 e. The van der Waals surface area contributed by atoms with E-state index in [1.165, 1.54) is 11.3 Å². The van der Waals surface area contributed by atoms with Gasteiger partial charge in [-0.05, 0) is 25.2 Å². The van der Waals surface area contributed by atoms with Gasteiger partial charge in [0.05, 0.1) is 12.2 Å². The molecule has 1 saturated heterocycles. The standard InChI is InChI=1S/C17H20N2O/c1-18-11-8-17(9-12-18)16-7-4-10-19(16)13-14-5-2-3-6-15(14)20-17/h2-7,10H,8-9,11-13H2,1H3. The minimum atomic E-state index is -0.150. The number of hydrogen-bond acceptors (Lipinski definition) is 2. The fourth-order valence-electron chi connectivity index (χ4n) is 3.48. The van der Waals surface area contributed by atoms with E-state index < -0.39 is 0 Å². The molecule has 1 spiro atoms. The summed E-state index contributed by atoms with van der Waals surface area (Å²) in [4.78, 5) is 2.39. The van der Waals surface area contributed by atoms with Crippen LogP contribution >= 0.6 is 0 Å². The van der Waals surface area contributed by atoms with Gasteiger partial charge in [0.25, 0.3) is 0 Å². The summed E-state index contributed by atoms with van der Waals surface area (Å²) in [6.07, 6.45) is 4.30. The predicted octanol–water partition coefficient (Wildman–Crippen LogP) is 2.85. The molecule has 0 N–H and O–H groups in total. The molecule has 3 heterocycles. The fourth-order valence-corrected chi connectivity index (χ4v) is 3.48. The highest BCUT2D eigenvalue weighted by Crippen LogP contribution is 2.41. The second-order valence-electron chi connectivity index (χ2n) is 6.03. The lowest BCUT2D eigenvalue weighted by Gasteiger charge is -2.40. The molecule has 1 aromatic heterocycles. The second kappa shape index (κ2) is 4.38. The highest BCUT2D eigenvalue weighted by Gasteiger charge is 2.41. The van der Waals surface area contributed by atoms with Gasteiger partial charge >= 0.3 is 0 Å². The monoisotopic (exact) mass is 268 g/mol. The van der Waals surface area contributed by atoms with Gasteiger partial charge in [-0.25, -0.2) is 0 Å². The van der Waals surface area contributed by atoms with Crippen molar-refractivity contribution in [1.29, 1.82) is 0 Å². The van der Waals surface area contributed by atoms with Crippen LogP contribution in [0.3, 0.4) is 0 Å². The first-order valence-electron chi connectivity index (χ1n) is 7.38. The molecule has 0 bridgehead atoms. The Morgan fingerprint density at radius 2 is 1.85 bits per heavy atom. The van der Waals surface area contributed by atoms with Crippen LogP contribution in [0.4, 0.5) is 0 Å². The molecule has 2 aliphatic rings. The lowest BCUT2D eigenvalue weighted by Crippen LogP contribution is -2.45. The Labute approximate surface area is 119 Å². The Morgan fingerprint density at radius 3 is 2.70 bits per heavy atom. The number of rotatable bonds is 0. The van der Waals surface area contributed by atoms with Gasteiger partial charge in [0.1, 0.15) is 5.75 Å². The van der Waals surface area contributed by atoms with Crippen molar-refractivity contribution >= 4 is 0 Å². The number of hydrogen-bond donors (Lipinski definition) is 0. The number of likely N-dealkylation sites (tertiary alicyclic amines) is 1. The molecule has 0 atom stereocenters. The third kappa shape index (κ3) is 1.77. The normalized spacial score (nSPS) is 20.9. The van der Waals surface area contributed by atoms with Crippen LogP contribution in [0.25, 0.3) is 0 Å². The van der Waals surface area contributed by atoms with Gasteiger partial charge in [-0.2, -0.15) is 0 Å². The number of fused-ring (bicyclic) bond motifs is 3. The van der Waals surface area contributed by atoms with Crippen molar-refractivity contribution < 1.29 is 4.74 Å². The number of benzene rings is 1. The summed E-state index contributed by atoms with van der Waals surface area (Å²) in [6, 6.07) is 12.8. The SMILES string of the molecule is CN1CCC2(CC1)Oc1ccccc1Cn1cccc12. The molecular weight excluding hydrogens is 248 g/mol. The summed E-state index contributed by atoms with van der Waals surface area (Å²) in [7, 11) is 2.19. The number of nitrogens with zero attached hydrogens (tertiary/aromatic N) is 2. The van der Waals surface area contributed by atoms with Crippen LogP contribution in [0, 0.1) is 0 Å². The zero-order valence-corrected chi connectivity index (χ0v) is 11.9. The van der Waals surface area contributed by atoms with E-state index in [9.17, 15) is 0 Å². The smallest absolute Gasteiger partial charge is 0.151 e. The van der Waals surface area contributed by atoms with Crippen molar-refractivity contribution in [2.24, 2.45) is 0 Å². The molecule has 3 heteroatoms. The molecule has 1 fully saturated rings. The van der Waals surface area contributed by atoms with Gasteiger partial charge < -0.3 is 14.2 Å². The summed E-state index contributed by atoms with van der Waals surface area (Å²) in [5.41, 5.74) is 2.46. The molecule has 4 rings (SSSR count). The molecule has 0 amide bonds. The van der Waals surface area contributed by atoms with Gasteiger partial charge in [-0.1, -0.05) is 18.2 Å². The van der Waals surface area contributed by atoms with Gasteiger partial charge in [0.2, 0.25) is 0 Å². The molecule has 104 valence electrons. The molecule has 3 nitrogen and oxygen atoms in total. The fraction of sp³-hybridized carbons (Fsp3) is 0.412. The maximum absolute atomic E-state index is 6.57. The Morgan fingerprint density at radius 1 is 1.05 bits per heavy atom. The lowest BCUT2D eigenvalue weighted by atomic mass is 9.88. The topological polar surface area (TPSA) is 17.4 Å². The van der Waals surface area contributed by atoms with Crippen LogP contribution < -0.4 is 4.74 Å². The highest BCUT2D eigenvalue weighted by atomic mass is 16.5. The second-order valence-corrected chi connectivity index (χ2v) is 6.03. The summed E-state index contributed by atoms with van der Waals surface area (Å²) < 4.78 is 8.93. The quantitative estimate of drug-likeness (QED) is 0.731. The van der Waals surface area contributed by atoms with Crippen molar-refractivity contribution in [1.82, 2.24) is 9.47 Å². The third-order valence-corrected chi connectivity index (χ3v) is 4.71. The Hall–Kier alpha value is -1.74. The minimum Gasteiger partial charge on any atom is -0.481 e. The third-order valence-electron chi connectivity index (χ3n) is 4.71. The lowest BCUT2D eigenvalue weighted by molar-refractivity contribution is 0.000391. The Balaban J connectivity index is 1.83. The van der Waals surface area contributed by atoms with Crippen LogP contribution in [0.2, 0.25) is 0 Å². The van der Waals surface area contributed by atoms with Gasteiger partial charge in [0, 0.05) is 37.7 Å². The van der Waals surface area contributed by atoms with E-state index in [0.717, 1.165) is 38.2 Å². The van der Waals surface area contributed by atoms with E-state index in [1.807, 2.05) is 0 Å². The number of aromatic nitrogens is 1. The van der Waals surface area contributed by atoms with E-state index >= 15 is 0 Å². The predicted molar refractivity (Wildman–Crippen MR) is 79.0 cm³/mol. The molecule has 0 saturated carbocycles. The highest BCUT2D eigenvalue weighted by molar-refractivity contribution is 5.38.